The first kappa shape index (κ1) is 15.4. The fourth-order valence-corrected chi connectivity index (χ4v) is 3.62. The molecule has 2 aromatic heterocycles. The first-order valence-corrected chi connectivity index (χ1v) is 9.70. The summed E-state index contributed by atoms with van der Waals surface area (Å²) in [5.74, 6) is 1.36. The zero-order valence-corrected chi connectivity index (χ0v) is 14.7. The largest absolute Gasteiger partial charge is 0.411 e. The summed E-state index contributed by atoms with van der Waals surface area (Å²) in [5, 5.41) is 10.0. The van der Waals surface area contributed by atoms with Gasteiger partial charge in [-0.3, -0.25) is 0 Å². The summed E-state index contributed by atoms with van der Waals surface area (Å²) in [6, 6.07) is 16.6. The van der Waals surface area contributed by atoms with Crippen molar-refractivity contribution >= 4 is 34.4 Å². The van der Waals surface area contributed by atoms with Crippen LogP contribution in [0, 0.1) is 0 Å². The second-order valence-corrected chi connectivity index (χ2v) is 7.06. The molecule has 0 aliphatic heterocycles. The number of hydrogen-bond donors (Lipinski definition) is 1. The summed E-state index contributed by atoms with van der Waals surface area (Å²) in [6.45, 7) is 0. The number of nitrogens with one attached hydrogen (secondary N) is 1. The second-order valence-electron chi connectivity index (χ2n) is 5.26. The molecule has 4 rings (SSSR count). The van der Waals surface area contributed by atoms with Crippen LogP contribution < -0.4 is 0 Å². The van der Waals surface area contributed by atoms with Crippen LogP contribution in [-0.2, 0) is 5.75 Å². The molecule has 0 atom stereocenters. The summed E-state index contributed by atoms with van der Waals surface area (Å²) in [4.78, 5) is 4.49. The van der Waals surface area contributed by atoms with Gasteiger partial charge in [-0.05, 0) is 30.0 Å². The molecule has 120 valence electrons. The minimum atomic E-state index is 0.549. The SMILES string of the molecule is CSc1ccc(CSc2nnc(-c3c[nH]c4ccccc34)o2)cc1. The molecule has 0 aliphatic carbocycles. The number of rotatable bonds is 5. The second kappa shape index (κ2) is 6.75. The Labute approximate surface area is 148 Å². The Bertz CT molecular complexity index is 960. The lowest BCUT2D eigenvalue weighted by Gasteiger charge is -2.00. The summed E-state index contributed by atoms with van der Waals surface area (Å²) < 4.78 is 5.82. The van der Waals surface area contributed by atoms with Gasteiger partial charge in [-0.15, -0.1) is 22.0 Å². The maximum Gasteiger partial charge on any atom is 0.277 e. The Morgan fingerprint density at radius 3 is 2.71 bits per heavy atom. The highest BCUT2D eigenvalue weighted by Gasteiger charge is 2.13. The molecule has 0 spiro atoms. The van der Waals surface area contributed by atoms with Gasteiger partial charge < -0.3 is 9.40 Å². The van der Waals surface area contributed by atoms with E-state index >= 15 is 0 Å². The van der Waals surface area contributed by atoms with Crippen molar-refractivity contribution < 1.29 is 4.42 Å². The lowest BCUT2D eigenvalue weighted by Crippen LogP contribution is -1.80. The molecular formula is C18H15N3OS2. The van der Waals surface area contributed by atoms with Crippen LogP contribution in [-0.4, -0.2) is 21.4 Å². The van der Waals surface area contributed by atoms with Crippen molar-refractivity contribution in [2.24, 2.45) is 0 Å². The maximum absolute atomic E-state index is 5.82. The molecule has 4 aromatic rings. The van der Waals surface area contributed by atoms with E-state index in [0.29, 0.717) is 11.1 Å². The maximum atomic E-state index is 5.82. The van der Waals surface area contributed by atoms with E-state index in [1.54, 1.807) is 23.5 Å². The Hall–Kier alpha value is -2.18. The van der Waals surface area contributed by atoms with Gasteiger partial charge in [0, 0.05) is 27.7 Å². The molecule has 0 bridgehead atoms. The van der Waals surface area contributed by atoms with E-state index < -0.39 is 0 Å². The van der Waals surface area contributed by atoms with Gasteiger partial charge in [-0.25, -0.2) is 0 Å². The van der Waals surface area contributed by atoms with Crippen LogP contribution in [0.15, 0.2) is 69.3 Å². The molecular weight excluding hydrogens is 338 g/mol. The molecule has 24 heavy (non-hydrogen) atoms. The van der Waals surface area contributed by atoms with Gasteiger partial charge in [-0.1, -0.05) is 42.1 Å². The Balaban J connectivity index is 1.50. The predicted octanol–water partition coefficient (Wildman–Crippen LogP) is 5.23. The van der Waals surface area contributed by atoms with E-state index in [9.17, 15) is 0 Å². The number of nitrogens with zero attached hydrogens (tertiary/aromatic N) is 2. The van der Waals surface area contributed by atoms with Crippen molar-refractivity contribution in [1.29, 1.82) is 0 Å². The number of benzene rings is 2. The summed E-state index contributed by atoms with van der Waals surface area (Å²) in [6.07, 6.45) is 3.99. The van der Waals surface area contributed by atoms with Crippen LogP contribution in [0.5, 0.6) is 0 Å². The van der Waals surface area contributed by atoms with Crippen LogP contribution >= 0.6 is 23.5 Å². The molecule has 0 saturated carbocycles. The predicted molar refractivity (Wildman–Crippen MR) is 99.4 cm³/mol. The third kappa shape index (κ3) is 3.07. The molecule has 4 nitrogen and oxygen atoms in total. The fraction of sp³-hybridized carbons (Fsp3) is 0.111. The molecule has 0 fully saturated rings. The van der Waals surface area contributed by atoms with Gasteiger partial charge in [0.15, 0.2) is 0 Å². The van der Waals surface area contributed by atoms with Gasteiger partial charge >= 0.3 is 0 Å². The van der Waals surface area contributed by atoms with Gasteiger partial charge in [0.2, 0.25) is 0 Å². The number of para-hydroxylation sites is 1. The monoisotopic (exact) mass is 353 g/mol. The van der Waals surface area contributed by atoms with Crippen LogP contribution in [0.1, 0.15) is 5.56 Å². The number of fused-ring (bicyclic) bond motifs is 1. The van der Waals surface area contributed by atoms with Crippen LogP contribution in [0.25, 0.3) is 22.4 Å². The minimum absolute atomic E-state index is 0.549. The van der Waals surface area contributed by atoms with Crippen molar-refractivity contribution in [3.63, 3.8) is 0 Å². The summed E-state index contributed by atoms with van der Waals surface area (Å²) >= 11 is 3.30. The van der Waals surface area contributed by atoms with E-state index in [-0.39, 0.29) is 0 Å². The molecule has 0 saturated heterocycles. The third-order valence-corrected chi connectivity index (χ3v) is 5.38. The van der Waals surface area contributed by atoms with Crippen molar-refractivity contribution in [2.45, 2.75) is 15.9 Å². The molecule has 1 N–H and O–H groups in total. The smallest absolute Gasteiger partial charge is 0.277 e. The van der Waals surface area contributed by atoms with E-state index in [2.05, 4.69) is 45.7 Å². The minimum Gasteiger partial charge on any atom is -0.411 e. The summed E-state index contributed by atoms with van der Waals surface area (Å²) in [5.41, 5.74) is 3.24. The zero-order valence-electron chi connectivity index (χ0n) is 13.0. The first-order chi connectivity index (χ1) is 11.8. The Kier molecular flexibility index (Phi) is 4.32. The van der Waals surface area contributed by atoms with E-state index in [1.807, 2.05) is 30.5 Å². The van der Waals surface area contributed by atoms with Crippen LogP contribution in [0.4, 0.5) is 0 Å². The van der Waals surface area contributed by atoms with Gasteiger partial charge in [-0.2, -0.15) is 0 Å². The average Bonchev–Trinajstić information content (AvgIpc) is 3.27. The molecule has 0 amide bonds. The molecule has 2 aromatic carbocycles. The van der Waals surface area contributed by atoms with Crippen LogP contribution in [0.2, 0.25) is 0 Å². The number of aromatic nitrogens is 3. The highest BCUT2D eigenvalue weighted by atomic mass is 32.2. The number of hydrogen-bond acceptors (Lipinski definition) is 5. The lowest BCUT2D eigenvalue weighted by molar-refractivity contribution is 0.466. The lowest BCUT2D eigenvalue weighted by atomic mass is 10.2. The Morgan fingerprint density at radius 1 is 1.04 bits per heavy atom. The van der Waals surface area contributed by atoms with Gasteiger partial charge in [0.25, 0.3) is 11.1 Å². The molecule has 0 radical (unpaired) electrons. The number of aromatic amines is 1. The highest BCUT2D eigenvalue weighted by Crippen LogP contribution is 2.30. The van der Waals surface area contributed by atoms with E-state index in [1.165, 1.54) is 10.5 Å². The quantitative estimate of drug-likeness (QED) is 0.498. The number of H-pyrrole nitrogens is 1. The van der Waals surface area contributed by atoms with Crippen LogP contribution in [0.3, 0.4) is 0 Å². The van der Waals surface area contributed by atoms with E-state index in [4.69, 9.17) is 4.42 Å². The van der Waals surface area contributed by atoms with Gasteiger partial charge in [0.05, 0.1) is 5.56 Å². The van der Waals surface area contributed by atoms with E-state index in [0.717, 1.165) is 22.2 Å². The zero-order chi connectivity index (χ0) is 16.4. The van der Waals surface area contributed by atoms with Gasteiger partial charge in [0.1, 0.15) is 0 Å². The number of thioether (sulfide) groups is 2. The highest BCUT2D eigenvalue weighted by molar-refractivity contribution is 7.98. The average molecular weight is 353 g/mol. The van der Waals surface area contributed by atoms with Crippen molar-refractivity contribution in [1.82, 2.24) is 15.2 Å². The molecule has 0 aliphatic rings. The topological polar surface area (TPSA) is 54.7 Å². The molecule has 6 heteroatoms. The Morgan fingerprint density at radius 2 is 1.88 bits per heavy atom. The third-order valence-electron chi connectivity index (χ3n) is 3.75. The van der Waals surface area contributed by atoms with Crippen molar-refractivity contribution in [3.8, 4) is 11.5 Å². The summed E-state index contributed by atoms with van der Waals surface area (Å²) in [7, 11) is 0. The standard InChI is InChI=1S/C18H15N3OS2/c1-23-13-8-6-12(7-9-13)11-24-18-21-20-17(22-18)15-10-19-16-5-3-2-4-14(15)16/h2-10,19H,11H2,1H3. The fourth-order valence-electron chi connectivity index (χ4n) is 2.49. The van der Waals surface area contributed by atoms with Crippen molar-refractivity contribution in [2.75, 3.05) is 6.26 Å². The normalized spacial score (nSPS) is 11.2. The molecule has 2 heterocycles. The molecule has 0 unspecified atom stereocenters. The van der Waals surface area contributed by atoms with Crippen molar-refractivity contribution in [3.05, 3.63) is 60.3 Å². The first-order valence-electron chi connectivity index (χ1n) is 7.49.